The van der Waals surface area contributed by atoms with Gasteiger partial charge >= 0.3 is 0 Å². The summed E-state index contributed by atoms with van der Waals surface area (Å²) in [7, 11) is 0. The zero-order valence-electron chi connectivity index (χ0n) is 13.8. The smallest absolute Gasteiger partial charge is 0.244 e. The zero-order valence-corrected chi connectivity index (χ0v) is 15.3. The number of hydrogen-bond donors (Lipinski definition) is 1. The van der Waals surface area contributed by atoms with Gasteiger partial charge in [-0.25, -0.2) is 0 Å². The number of aryl methyl sites for hydroxylation is 2. The van der Waals surface area contributed by atoms with Crippen molar-refractivity contribution in [3.05, 3.63) is 74.0 Å². The molecule has 0 saturated heterocycles. The van der Waals surface area contributed by atoms with Crippen LogP contribution in [-0.4, -0.2) is 10.5 Å². The Hall–Kier alpha value is -2.30. The Morgan fingerprint density at radius 3 is 2.56 bits per heavy atom. The highest BCUT2D eigenvalue weighted by Gasteiger charge is 2.10. The molecule has 0 aliphatic rings. The molecule has 1 N–H and O–H groups in total. The predicted molar refractivity (Wildman–Crippen MR) is 103 cm³/mol. The molecule has 0 unspecified atom stereocenters. The van der Waals surface area contributed by atoms with Crippen molar-refractivity contribution in [3.8, 4) is 0 Å². The highest BCUT2D eigenvalue weighted by Crippen LogP contribution is 2.25. The molecule has 1 amide bonds. The van der Waals surface area contributed by atoms with Crippen molar-refractivity contribution in [2.45, 2.75) is 20.4 Å². The van der Waals surface area contributed by atoms with E-state index >= 15 is 0 Å². The van der Waals surface area contributed by atoms with Crippen LogP contribution < -0.4 is 10.7 Å². The molecule has 1 aromatic heterocycles. The maximum absolute atomic E-state index is 12.4. The lowest BCUT2D eigenvalue weighted by molar-refractivity contribution is -0.116. The lowest BCUT2D eigenvalue weighted by Gasteiger charge is -2.13. The van der Waals surface area contributed by atoms with Crippen molar-refractivity contribution < 1.29 is 4.79 Å². The Bertz CT molecular complexity index is 1040. The third-order valence-corrected chi connectivity index (χ3v) is 4.68. The fourth-order valence-electron chi connectivity index (χ4n) is 2.88. The standard InChI is InChI=1S/C19H16Cl2N2O2/c1-11-7-12(2)19-16(8-11)23(6-5-17(19)24)10-18(25)22-13-3-4-14(20)15(21)9-13/h3-9H,10H2,1-2H3,(H,22,25). The summed E-state index contributed by atoms with van der Waals surface area (Å²) in [5, 5.41) is 4.22. The topological polar surface area (TPSA) is 51.1 Å². The number of fused-ring (bicyclic) bond motifs is 1. The fourth-order valence-corrected chi connectivity index (χ4v) is 3.18. The van der Waals surface area contributed by atoms with Gasteiger partial charge in [-0.3, -0.25) is 9.59 Å². The number of carbonyl (C=O) groups excluding carboxylic acids is 1. The monoisotopic (exact) mass is 374 g/mol. The molecule has 3 rings (SSSR count). The molecular weight excluding hydrogens is 359 g/mol. The second-order valence-electron chi connectivity index (χ2n) is 5.96. The summed E-state index contributed by atoms with van der Waals surface area (Å²) in [6.45, 7) is 3.95. The lowest BCUT2D eigenvalue weighted by atomic mass is 10.1. The van der Waals surface area contributed by atoms with Gasteiger partial charge in [0.1, 0.15) is 6.54 Å². The Morgan fingerprint density at radius 1 is 1.08 bits per heavy atom. The van der Waals surface area contributed by atoms with Crippen LogP contribution in [0.15, 0.2) is 47.4 Å². The van der Waals surface area contributed by atoms with Gasteiger partial charge in [0, 0.05) is 23.3 Å². The number of nitrogens with zero attached hydrogens (tertiary/aromatic N) is 1. The molecular formula is C19H16Cl2N2O2. The van der Waals surface area contributed by atoms with Gasteiger partial charge in [0.25, 0.3) is 0 Å². The van der Waals surface area contributed by atoms with Crippen molar-refractivity contribution in [2.75, 3.05) is 5.32 Å². The normalized spacial score (nSPS) is 10.9. The van der Waals surface area contributed by atoms with E-state index in [4.69, 9.17) is 23.2 Å². The van der Waals surface area contributed by atoms with Crippen LogP contribution >= 0.6 is 23.2 Å². The molecule has 6 heteroatoms. The number of rotatable bonds is 3. The second-order valence-corrected chi connectivity index (χ2v) is 6.78. The van der Waals surface area contributed by atoms with Crippen LogP contribution in [0.25, 0.3) is 10.9 Å². The quantitative estimate of drug-likeness (QED) is 0.730. The molecule has 1 heterocycles. The maximum Gasteiger partial charge on any atom is 0.244 e. The number of amides is 1. The van der Waals surface area contributed by atoms with Crippen LogP contribution in [0.2, 0.25) is 10.0 Å². The number of pyridine rings is 1. The van der Waals surface area contributed by atoms with Crippen molar-refractivity contribution in [1.82, 2.24) is 4.57 Å². The lowest BCUT2D eigenvalue weighted by Crippen LogP contribution is -2.20. The summed E-state index contributed by atoms with van der Waals surface area (Å²) in [6, 6.07) is 10.3. The van der Waals surface area contributed by atoms with Crippen molar-refractivity contribution in [3.63, 3.8) is 0 Å². The van der Waals surface area contributed by atoms with Crippen molar-refractivity contribution in [2.24, 2.45) is 0 Å². The van der Waals surface area contributed by atoms with Crippen LogP contribution in [0.5, 0.6) is 0 Å². The van der Waals surface area contributed by atoms with Gasteiger partial charge in [0.15, 0.2) is 5.43 Å². The first-order valence-electron chi connectivity index (χ1n) is 7.70. The van der Waals surface area contributed by atoms with E-state index in [1.165, 1.54) is 6.07 Å². The number of anilines is 1. The number of carbonyl (C=O) groups is 1. The highest BCUT2D eigenvalue weighted by atomic mass is 35.5. The molecule has 0 saturated carbocycles. The first-order valence-corrected chi connectivity index (χ1v) is 8.46. The molecule has 2 aromatic carbocycles. The molecule has 0 bridgehead atoms. The highest BCUT2D eigenvalue weighted by molar-refractivity contribution is 6.42. The molecule has 25 heavy (non-hydrogen) atoms. The first-order chi connectivity index (χ1) is 11.8. The van der Waals surface area contributed by atoms with Crippen LogP contribution in [0.3, 0.4) is 0 Å². The molecule has 0 aliphatic carbocycles. The summed E-state index contributed by atoms with van der Waals surface area (Å²) >= 11 is 11.8. The van der Waals surface area contributed by atoms with Crippen molar-refractivity contribution in [1.29, 1.82) is 0 Å². The minimum atomic E-state index is -0.220. The largest absolute Gasteiger partial charge is 0.338 e. The fraction of sp³-hybridized carbons (Fsp3) is 0.158. The molecule has 0 fully saturated rings. The average molecular weight is 375 g/mol. The molecule has 4 nitrogen and oxygen atoms in total. The SMILES string of the molecule is Cc1cc(C)c2c(=O)ccn(CC(=O)Nc3ccc(Cl)c(Cl)c3)c2c1. The van der Waals surface area contributed by atoms with Gasteiger partial charge in [0.2, 0.25) is 5.91 Å². The van der Waals surface area contributed by atoms with E-state index in [1.54, 1.807) is 29.0 Å². The van der Waals surface area contributed by atoms with Crippen LogP contribution in [-0.2, 0) is 11.3 Å². The minimum absolute atomic E-state index is 0.0476. The van der Waals surface area contributed by atoms with Crippen molar-refractivity contribution >= 4 is 45.7 Å². The van der Waals surface area contributed by atoms with Crippen LogP contribution in [0.4, 0.5) is 5.69 Å². The summed E-state index contributed by atoms with van der Waals surface area (Å²) in [6.07, 6.45) is 1.64. The Kier molecular flexibility index (Phi) is 4.84. The van der Waals surface area contributed by atoms with E-state index in [1.807, 2.05) is 26.0 Å². The molecule has 128 valence electrons. The summed E-state index contributed by atoms with van der Waals surface area (Å²) < 4.78 is 1.77. The van der Waals surface area contributed by atoms with Crippen LogP contribution in [0.1, 0.15) is 11.1 Å². The maximum atomic E-state index is 12.4. The van der Waals surface area contributed by atoms with E-state index in [2.05, 4.69) is 5.32 Å². The Balaban J connectivity index is 1.92. The molecule has 0 spiro atoms. The predicted octanol–water partition coefficient (Wildman–Crippen LogP) is 4.56. The summed E-state index contributed by atoms with van der Waals surface area (Å²) in [5.74, 6) is -0.220. The third-order valence-electron chi connectivity index (χ3n) is 3.94. The van der Waals surface area contributed by atoms with Gasteiger partial charge in [-0.05, 0) is 49.2 Å². The van der Waals surface area contributed by atoms with Gasteiger partial charge in [0.05, 0.1) is 15.6 Å². The number of benzene rings is 2. The van der Waals surface area contributed by atoms with Crippen LogP contribution in [0, 0.1) is 13.8 Å². The Labute approximate surface area is 155 Å². The number of nitrogens with one attached hydrogen (secondary N) is 1. The summed E-state index contributed by atoms with van der Waals surface area (Å²) in [4.78, 5) is 24.6. The van der Waals surface area contributed by atoms with E-state index < -0.39 is 0 Å². The second kappa shape index (κ2) is 6.90. The average Bonchev–Trinajstić information content (AvgIpc) is 2.53. The number of aromatic nitrogens is 1. The summed E-state index contributed by atoms with van der Waals surface area (Å²) in [5.41, 5.74) is 3.20. The molecule has 0 atom stereocenters. The van der Waals surface area contributed by atoms with E-state index in [0.717, 1.165) is 16.6 Å². The number of halogens is 2. The van der Waals surface area contributed by atoms with Gasteiger partial charge in [-0.2, -0.15) is 0 Å². The van der Waals surface area contributed by atoms with E-state index in [-0.39, 0.29) is 17.9 Å². The minimum Gasteiger partial charge on any atom is -0.338 e. The zero-order chi connectivity index (χ0) is 18.1. The molecule has 0 aliphatic heterocycles. The Morgan fingerprint density at radius 2 is 1.84 bits per heavy atom. The first kappa shape index (κ1) is 17.5. The van der Waals surface area contributed by atoms with Gasteiger partial charge < -0.3 is 9.88 Å². The molecule has 3 aromatic rings. The van der Waals surface area contributed by atoms with Gasteiger partial charge in [-0.1, -0.05) is 29.3 Å². The van der Waals surface area contributed by atoms with E-state index in [0.29, 0.717) is 21.1 Å². The van der Waals surface area contributed by atoms with Gasteiger partial charge in [-0.15, -0.1) is 0 Å². The third kappa shape index (κ3) is 3.70. The molecule has 0 radical (unpaired) electrons. The number of hydrogen-bond acceptors (Lipinski definition) is 2. The van der Waals surface area contributed by atoms with E-state index in [9.17, 15) is 9.59 Å².